The van der Waals surface area contributed by atoms with Gasteiger partial charge in [-0.05, 0) is 70.5 Å². The lowest BCUT2D eigenvalue weighted by molar-refractivity contribution is -0.0606. The van der Waals surface area contributed by atoms with Gasteiger partial charge >= 0.3 is 6.18 Å². The Balaban J connectivity index is 0.00000193. The highest BCUT2D eigenvalue weighted by molar-refractivity contribution is 6.32. The summed E-state index contributed by atoms with van der Waals surface area (Å²) in [6.07, 6.45) is -3.80. The molecule has 3 heterocycles. The molecule has 0 aliphatic carbocycles. The van der Waals surface area contributed by atoms with Gasteiger partial charge in [0.25, 0.3) is 11.8 Å². The van der Waals surface area contributed by atoms with Gasteiger partial charge in [-0.25, -0.2) is 9.67 Å². The van der Waals surface area contributed by atoms with Crippen LogP contribution in [0.25, 0.3) is 5.82 Å². The van der Waals surface area contributed by atoms with Gasteiger partial charge in [-0.1, -0.05) is 39.3 Å². The van der Waals surface area contributed by atoms with Crippen molar-refractivity contribution in [3.05, 3.63) is 69.6 Å². The zero-order valence-electron chi connectivity index (χ0n) is 29.0. The fourth-order valence-corrected chi connectivity index (χ4v) is 4.58. The molecule has 0 atom stereocenters. The second-order valence-electron chi connectivity index (χ2n) is 11.2. The van der Waals surface area contributed by atoms with Crippen LogP contribution >= 0.6 is 11.6 Å². The van der Waals surface area contributed by atoms with Crippen LogP contribution in [0.15, 0.2) is 41.6 Å². The summed E-state index contributed by atoms with van der Waals surface area (Å²) in [6, 6.07) is 7.91. The van der Waals surface area contributed by atoms with Crippen LogP contribution in [0, 0.1) is 6.92 Å². The van der Waals surface area contributed by atoms with Crippen molar-refractivity contribution in [2.45, 2.75) is 86.9 Å². The highest BCUT2D eigenvalue weighted by Gasteiger charge is 2.33. The van der Waals surface area contributed by atoms with Crippen molar-refractivity contribution in [2.24, 2.45) is 5.10 Å². The molecule has 2 N–H and O–H groups in total. The molecule has 1 fully saturated rings. The Bertz CT molecular complexity index is 1580. The summed E-state index contributed by atoms with van der Waals surface area (Å²) >= 11 is 6.37. The molecule has 15 heteroatoms. The van der Waals surface area contributed by atoms with Crippen molar-refractivity contribution < 1.29 is 32.2 Å². The summed E-state index contributed by atoms with van der Waals surface area (Å²) in [5.41, 5.74) is 0.160. The number of ether oxygens (including phenoxy) is 2. The number of alkyl halides is 3. The Kier molecular flexibility index (Phi) is 14.6. The average Bonchev–Trinajstić information content (AvgIpc) is 3.70. The fraction of sp³-hybridized carbons (Fsp3) is 0.485. The van der Waals surface area contributed by atoms with E-state index in [0.717, 1.165) is 11.9 Å². The van der Waals surface area contributed by atoms with Crippen molar-refractivity contribution in [3.63, 3.8) is 0 Å². The van der Waals surface area contributed by atoms with Crippen LogP contribution in [0.1, 0.15) is 99.3 Å². The summed E-state index contributed by atoms with van der Waals surface area (Å²) in [5, 5.41) is 15.0. The first-order chi connectivity index (χ1) is 22.5. The molecule has 3 aromatic rings. The number of carbonyl (C=O) groups excluding carboxylic acids is 2. The molecule has 0 saturated carbocycles. The normalized spacial score (nSPS) is 13.6. The number of aryl methyl sites for hydroxylation is 1. The minimum atomic E-state index is -4.60. The topological polar surface area (TPSA) is 123 Å². The molecule has 2 aromatic heterocycles. The van der Waals surface area contributed by atoms with Gasteiger partial charge in [0, 0.05) is 24.3 Å². The molecule has 264 valence electrons. The van der Waals surface area contributed by atoms with Gasteiger partial charge in [-0.15, -0.1) is 0 Å². The van der Waals surface area contributed by atoms with Gasteiger partial charge in [0.15, 0.2) is 12.1 Å². The van der Waals surface area contributed by atoms with Gasteiger partial charge in [0.05, 0.1) is 41.7 Å². The van der Waals surface area contributed by atoms with E-state index in [9.17, 15) is 22.8 Å². The number of anilines is 1. The highest BCUT2D eigenvalue weighted by Crippen LogP contribution is 2.31. The number of hydrogen-bond donors (Lipinski definition) is 2. The third kappa shape index (κ3) is 10.8. The van der Waals surface area contributed by atoms with Crippen molar-refractivity contribution in [1.29, 1.82) is 0 Å². The largest absolute Gasteiger partial charge is 0.430 e. The molecule has 0 radical (unpaired) electrons. The maximum atomic E-state index is 13.9. The average molecular weight is 696 g/mol. The van der Waals surface area contributed by atoms with Gasteiger partial charge < -0.3 is 20.1 Å². The lowest BCUT2D eigenvalue weighted by Gasteiger charge is -2.23. The predicted molar refractivity (Wildman–Crippen MR) is 181 cm³/mol. The molecular formula is C33H45ClF3N7O4. The van der Waals surface area contributed by atoms with E-state index in [-0.39, 0.29) is 40.0 Å². The number of benzene rings is 1. The first kappa shape index (κ1) is 40.2. The molecule has 1 aliphatic rings. The first-order valence-corrected chi connectivity index (χ1v) is 16.0. The van der Waals surface area contributed by atoms with Crippen LogP contribution in [0.4, 0.5) is 18.9 Å². The van der Waals surface area contributed by atoms with E-state index in [4.69, 9.17) is 21.1 Å². The van der Waals surface area contributed by atoms with Gasteiger partial charge in [-0.3, -0.25) is 14.6 Å². The monoisotopic (exact) mass is 695 g/mol. The van der Waals surface area contributed by atoms with E-state index >= 15 is 0 Å². The van der Waals surface area contributed by atoms with E-state index in [1.165, 1.54) is 24.0 Å². The molecule has 1 aromatic carbocycles. The smallest absolute Gasteiger partial charge is 0.347 e. The van der Waals surface area contributed by atoms with Gasteiger partial charge in [-0.2, -0.15) is 23.4 Å². The number of carbonyl (C=O) groups is 2. The summed E-state index contributed by atoms with van der Waals surface area (Å²) in [4.78, 5) is 31.6. The number of amides is 2. The van der Waals surface area contributed by atoms with E-state index in [2.05, 4.69) is 25.8 Å². The Morgan fingerprint density at radius 3 is 2.27 bits per heavy atom. The van der Waals surface area contributed by atoms with Gasteiger partial charge in [0.2, 0.25) is 0 Å². The molecule has 0 unspecified atom stereocenters. The van der Waals surface area contributed by atoms with Crippen LogP contribution in [0.3, 0.4) is 0 Å². The SMILES string of the molecule is C/C(=N\N(C)Cc1cc(C(=O)Nc2c(C)cc(C3OCCO3)cc2C(=O)NC(C)(C)C)n(-c2ncccc2Cl)n1)C(F)(F)F.CC.CC. The Morgan fingerprint density at radius 1 is 1.08 bits per heavy atom. The molecule has 2 amide bonds. The van der Waals surface area contributed by atoms with E-state index in [0.29, 0.717) is 24.3 Å². The lowest BCUT2D eigenvalue weighted by Crippen LogP contribution is -2.41. The van der Waals surface area contributed by atoms with Crippen molar-refractivity contribution in [3.8, 4) is 5.82 Å². The fourth-order valence-electron chi connectivity index (χ4n) is 4.38. The minimum Gasteiger partial charge on any atom is -0.347 e. The lowest BCUT2D eigenvalue weighted by atomic mass is 10.0. The second kappa shape index (κ2) is 17.4. The third-order valence-corrected chi connectivity index (χ3v) is 6.57. The number of pyridine rings is 1. The van der Waals surface area contributed by atoms with Crippen molar-refractivity contribution >= 4 is 34.8 Å². The molecular weight excluding hydrogens is 651 g/mol. The number of rotatable bonds is 8. The first-order valence-electron chi connectivity index (χ1n) is 15.6. The third-order valence-electron chi connectivity index (χ3n) is 6.28. The number of nitrogens with one attached hydrogen (secondary N) is 2. The number of halogens is 4. The van der Waals surface area contributed by atoms with E-state index in [1.54, 1.807) is 31.2 Å². The zero-order chi connectivity index (χ0) is 36.4. The van der Waals surface area contributed by atoms with Crippen LogP contribution in [-0.2, 0) is 16.0 Å². The van der Waals surface area contributed by atoms with Crippen LogP contribution in [0.2, 0.25) is 5.02 Å². The Morgan fingerprint density at radius 2 is 1.71 bits per heavy atom. The maximum absolute atomic E-state index is 13.9. The number of hydrazone groups is 1. The molecule has 48 heavy (non-hydrogen) atoms. The molecule has 0 spiro atoms. The standard InChI is InChI=1S/C29H33ClF3N7O4.2C2H6/c1-16-12-18(27-43-10-11-44-27)13-20(25(41)36-28(3,4)5)23(16)35-26(42)22-14-19(15-39(6)37-17(2)29(31,32)33)38-40(22)24-21(30)8-7-9-34-24;2*1-2/h7-9,12-14,27H,10-11,15H2,1-6H3,(H,35,42)(H,36,41);2*1-2H3/b37-17+;;. The summed E-state index contributed by atoms with van der Waals surface area (Å²) < 4.78 is 51.5. The summed E-state index contributed by atoms with van der Waals surface area (Å²) in [6.45, 7) is 16.7. The summed E-state index contributed by atoms with van der Waals surface area (Å²) in [7, 11) is 1.35. The predicted octanol–water partition coefficient (Wildman–Crippen LogP) is 7.48. The highest BCUT2D eigenvalue weighted by atomic mass is 35.5. The molecule has 1 saturated heterocycles. The molecule has 0 bridgehead atoms. The van der Waals surface area contributed by atoms with Crippen LogP contribution in [-0.4, -0.2) is 69.3 Å². The van der Waals surface area contributed by atoms with E-state index in [1.807, 2.05) is 48.5 Å². The van der Waals surface area contributed by atoms with Crippen molar-refractivity contribution in [1.82, 2.24) is 25.1 Å². The van der Waals surface area contributed by atoms with Crippen LogP contribution in [0.5, 0.6) is 0 Å². The van der Waals surface area contributed by atoms with Crippen LogP contribution < -0.4 is 10.6 Å². The van der Waals surface area contributed by atoms with E-state index < -0.39 is 35.5 Å². The Labute approximate surface area is 284 Å². The van der Waals surface area contributed by atoms with Crippen molar-refractivity contribution in [2.75, 3.05) is 25.6 Å². The zero-order valence-corrected chi connectivity index (χ0v) is 29.8. The molecule has 4 rings (SSSR count). The van der Waals surface area contributed by atoms with Gasteiger partial charge in [0.1, 0.15) is 11.4 Å². The number of hydrogen-bond acceptors (Lipinski definition) is 8. The molecule has 11 nitrogen and oxygen atoms in total. The Hall–Kier alpha value is -4.01. The quantitative estimate of drug-likeness (QED) is 0.185. The number of aromatic nitrogens is 3. The second-order valence-corrected chi connectivity index (χ2v) is 11.6. The summed E-state index contributed by atoms with van der Waals surface area (Å²) in [5.74, 6) is -0.981. The molecule has 1 aliphatic heterocycles. The number of nitrogens with zero attached hydrogens (tertiary/aromatic N) is 5. The maximum Gasteiger partial charge on any atom is 0.430 e. The minimum absolute atomic E-state index is 0.0290.